The van der Waals surface area contributed by atoms with E-state index in [9.17, 15) is 9.59 Å². The number of hydrogen-bond donors (Lipinski definition) is 0. The van der Waals surface area contributed by atoms with Crippen LogP contribution in [0.15, 0.2) is 0 Å². The quantitative estimate of drug-likeness (QED) is 0.579. The second-order valence-corrected chi connectivity index (χ2v) is 6.11. The summed E-state index contributed by atoms with van der Waals surface area (Å²) in [6, 6.07) is 0. The normalized spacial score (nSPS) is 18.1. The summed E-state index contributed by atoms with van der Waals surface area (Å²) in [7, 11) is 0. The molecule has 5 nitrogen and oxygen atoms in total. The van der Waals surface area contributed by atoms with Gasteiger partial charge in [-0.25, -0.2) is 9.59 Å². The summed E-state index contributed by atoms with van der Waals surface area (Å²) in [6.07, 6.45) is 2.62. The average Bonchev–Trinajstić information content (AvgIpc) is 2.27. The molecule has 1 aliphatic heterocycles. The summed E-state index contributed by atoms with van der Waals surface area (Å²) in [6.45, 7) is 6.66. The van der Waals surface area contributed by atoms with E-state index in [0.717, 1.165) is 19.3 Å². The summed E-state index contributed by atoms with van der Waals surface area (Å²) in [4.78, 5) is 25.0. The van der Waals surface area contributed by atoms with Gasteiger partial charge in [0.1, 0.15) is 5.60 Å². The summed E-state index contributed by atoms with van der Waals surface area (Å²) in [5, 5.41) is -1.05. The lowest BCUT2D eigenvalue weighted by Gasteiger charge is -2.27. The van der Waals surface area contributed by atoms with E-state index in [1.54, 1.807) is 25.7 Å². The lowest BCUT2D eigenvalue weighted by molar-refractivity contribution is -0.160. The molecular weight excluding hydrogens is 302 g/mol. The third-order valence-electron chi connectivity index (χ3n) is 2.41. The molecule has 1 aliphatic rings. The third-order valence-corrected chi connectivity index (χ3v) is 2.97. The lowest BCUT2D eigenvalue weighted by Crippen LogP contribution is -2.39. The minimum atomic E-state index is -1.05. The Hall–Kier alpha value is -0.780. The fraction of sp³-hybridized carbons (Fsp3) is 0.833. The molecule has 6 heteroatoms. The van der Waals surface area contributed by atoms with E-state index in [0.29, 0.717) is 13.1 Å². The Labute approximate surface area is 116 Å². The van der Waals surface area contributed by atoms with Gasteiger partial charge in [0, 0.05) is 13.1 Å². The Morgan fingerprint density at radius 1 is 1.17 bits per heavy atom. The second kappa shape index (κ2) is 6.41. The molecule has 0 aromatic heterocycles. The number of carbonyl (C=O) groups excluding carboxylic acids is 2. The molecule has 1 unspecified atom stereocenters. The lowest BCUT2D eigenvalue weighted by atomic mass is 10.1. The first-order chi connectivity index (χ1) is 8.29. The summed E-state index contributed by atoms with van der Waals surface area (Å²) >= 11 is 3.02. The second-order valence-electron chi connectivity index (χ2n) is 5.28. The van der Waals surface area contributed by atoms with Gasteiger partial charge in [-0.1, -0.05) is 0 Å². The molecule has 0 N–H and O–H groups in total. The number of hydrogen-bond acceptors (Lipinski definition) is 4. The first-order valence-electron chi connectivity index (χ1n) is 6.12. The predicted octanol–water partition coefficient (Wildman–Crippen LogP) is 2.67. The molecule has 1 heterocycles. The van der Waals surface area contributed by atoms with Gasteiger partial charge in [0.15, 0.2) is 0 Å². The monoisotopic (exact) mass is 321 g/mol. The Morgan fingerprint density at radius 2 is 1.72 bits per heavy atom. The van der Waals surface area contributed by atoms with Gasteiger partial charge in [-0.3, -0.25) is 0 Å². The smallest absolute Gasteiger partial charge is 0.411 e. The SMILES string of the molecule is CC(C)(C)OC(=O)C(Br)OC(=O)N1CCCCC1. The van der Waals surface area contributed by atoms with Crippen LogP contribution in [0.4, 0.5) is 4.79 Å². The van der Waals surface area contributed by atoms with Crippen LogP contribution >= 0.6 is 15.9 Å². The van der Waals surface area contributed by atoms with Crippen molar-refractivity contribution in [3.05, 3.63) is 0 Å². The summed E-state index contributed by atoms with van der Waals surface area (Å²) in [5.41, 5.74) is -0.597. The number of piperidine rings is 1. The van der Waals surface area contributed by atoms with Gasteiger partial charge in [0.25, 0.3) is 5.01 Å². The van der Waals surface area contributed by atoms with Crippen molar-refractivity contribution in [3.8, 4) is 0 Å². The van der Waals surface area contributed by atoms with Crippen LogP contribution in [0.3, 0.4) is 0 Å². The van der Waals surface area contributed by atoms with Crippen LogP contribution in [-0.2, 0) is 14.3 Å². The summed E-state index contributed by atoms with van der Waals surface area (Å²) in [5.74, 6) is -0.590. The highest BCUT2D eigenvalue weighted by Gasteiger charge is 2.28. The molecule has 104 valence electrons. The molecule has 1 rings (SSSR count). The molecule has 1 amide bonds. The summed E-state index contributed by atoms with van der Waals surface area (Å²) < 4.78 is 10.1. The Morgan fingerprint density at radius 3 is 2.22 bits per heavy atom. The van der Waals surface area contributed by atoms with Crippen LogP contribution in [0, 0.1) is 0 Å². The van der Waals surface area contributed by atoms with Gasteiger partial charge in [-0.2, -0.15) is 0 Å². The van der Waals surface area contributed by atoms with Crippen LogP contribution in [0.2, 0.25) is 0 Å². The molecule has 0 spiro atoms. The Bertz CT molecular complexity index is 308. The largest absolute Gasteiger partial charge is 0.457 e. The van der Waals surface area contributed by atoms with Gasteiger partial charge in [0.2, 0.25) is 0 Å². The molecule has 18 heavy (non-hydrogen) atoms. The topological polar surface area (TPSA) is 55.8 Å². The van der Waals surface area contributed by atoms with Gasteiger partial charge >= 0.3 is 12.1 Å². The molecule has 0 aromatic carbocycles. The van der Waals surface area contributed by atoms with E-state index in [-0.39, 0.29) is 0 Å². The minimum absolute atomic E-state index is 0.470. The van der Waals surface area contributed by atoms with Crippen LogP contribution in [-0.4, -0.2) is 40.7 Å². The van der Waals surface area contributed by atoms with E-state index in [1.807, 2.05) is 0 Å². The maximum atomic E-state index is 11.7. The number of alkyl halides is 1. The minimum Gasteiger partial charge on any atom is -0.457 e. The first-order valence-corrected chi connectivity index (χ1v) is 7.03. The third kappa shape index (κ3) is 5.25. The number of amides is 1. The zero-order valence-corrected chi connectivity index (χ0v) is 12.7. The van der Waals surface area contributed by atoms with Crippen LogP contribution in [0.5, 0.6) is 0 Å². The zero-order valence-electron chi connectivity index (χ0n) is 11.1. The predicted molar refractivity (Wildman–Crippen MR) is 70.5 cm³/mol. The van der Waals surface area contributed by atoms with Crippen molar-refractivity contribution in [1.82, 2.24) is 4.90 Å². The van der Waals surface area contributed by atoms with Crippen molar-refractivity contribution in [2.24, 2.45) is 0 Å². The number of esters is 1. The number of rotatable bonds is 2. The van der Waals surface area contributed by atoms with Crippen molar-refractivity contribution in [3.63, 3.8) is 0 Å². The van der Waals surface area contributed by atoms with Crippen LogP contribution < -0.4 is 0 Å². The van der Waals surface area contributed by atoms with E-state index < -0.39 is 22.7 Å². The fourth-order valence-corrected chi connectivity index (χ4v) is 1.89. The maximum Gasteiger partial charge on any atom is 0.411 e. The molecule has 0 radical (unpaired) electrons. The van der Waals surface area contributed by atoms with Gasteiger partial charge in [-0.15, -0.1) is 0 Å². The number of ether oxygens (including phenoxy) is 2. The van der Waals surface area contributed by atoms with Crippen LogP contribution in [0.1, 0.15) is 40.0 Å². The number of carbonyl (C=O) groups is 2. The van der Waals surface area contributed by atoms with Crippen molar-refractivity contribution in [2.75, 3.05) is 13.1 Å². The van der Waals surface area contributed by atoms with Crippen LogP contribution in [0.25, 0.3) is 0 Å². The maximum absolute atomic E-state index is 11.7. The van der Waals surface area contributed by atoms with E-state index >= 15 is 0 Å². The standard InChI is InChI=1S/C12H20BrNO4/c1-12(2,3)18-10(15)9(13)17-11(16)14-7-5-4-6-8-14/h9H,4-8H2,1-3H3. The Kier molecular flexibility index (Phi) is 5.44. The number of likely N-dealkylation sites (tertiary alicyclic amines) is 1. The molecule has 0 saturated carbocycles. The molecule has 0 bridgehead atoms. The molecule has 1 saturated heterocycles. The van der Waals surface area contributed by atoms with Gasteiger partial charge < -0.3 is 14.4 Å². The van der Waals surface area contributed by atoms with Crippen molar-refractivity contribution in [2.45, 2.75) is 50.6 Å². The highest BCUT2D eigenvalue weighted by atomic mass is 79.9. The number of halogens is 1. The highest BCUT2D eigenvalue weighted by Crippen LogP contribution is 2.16. The average molecular weight is 322 g/mol. The van der Waals surface area contributed by atoms with E-state index in [4.69, 9.17) is 9.47 Å². The molecule has 0 aliphatic carbocycles. The molecule has 1 atom stereocenters. The molecular formula is C12H20BrNO4. The van der Waals surface area contributed by atoms with Gasteiger partial charge in [0.05, 0.1) is 0 Å². The Balaban J connectivity index is 2.41. The first kappa shape index (κ1) is 15.3. The molecule has 0 aromatic rings. The number of nitrogens with zero attached hydrogens (tertiary/aromatic N) is 1. The fourth-order valence-electron chi connectivity index (χ4n) is 1.64. The van der Waals surface area contributed by atoms with Crippen molar-refractivity contribution >= 4 is 28.0 Å². The van der Waals surface area contributed by atoms with E-state index in [1.165, 1.54) is 0 Å². The zero-order chi connectivity index (χ0) is 13.8. The molecule has 1 fully saturated rings. The van der Waals surface area contributed by atoms with Crippen molar-refractivity contribution in [1.29, 1.82) is 0 Å². The van der Waals surface area contributed by atoms with Gasteiger partial charge in [-0.05, 0) is 56.0 Å². The van der Waals surface area contributed by atoms with E-state index in [2.05, 4.69) is 15.9 Å². The highest BCUT2D eigenvalue weighted by molar-refractivity contribution is 9.09. The van der Waals surface area contributed by atoms with Crippen molar-refractivity contribution < 1.29 is 19.1 Å².